The summed E-state index contributed by atoms with van der Waals surface area (Å²) in [4.78, 5) is 26.0. The molecule has 0 aliphatic carbocycles. The number of hydrogen-bond acceptors (Lipinski definition) is 3. The highest BCUT2D eigenvalue weighted by Crippen LogP contribution is 2.05. The number of hydrogen-bond donors (Lipinski definition) is 2. The van der Waals surface area contributed by atoms with Gasteiger partial charge < -0.3 is 10.4 Å². The van der Waals surface area contributed by atoms with Gasteiger partial charge in [0.05, 0.1) is 0 Å². The third kappa shape index (κ3) is 3.34. The van der Waals surface area contributed by atoms with Crippen molar-refractivity contribution in [3.8, 4) is 0 Å². The molecule has 0 fully saturated rings. The van der Waals surface area contributed by atoms with Crippen LogP contribution in [0.4, 0.5) is 0 Å². The summed E-state index contributed by atoms with van der Waals surface area (Å²) in [5.41, 5.74) is -0.201. The Balaban J connectivity index is 2.92. The van der Waals surface area contributed by atoms with E-state index >= 15 is 0 Å². The Hall–Kier alpha value is -1.91. The minimum atomic E-state index is -1.15. The molecule has 1 heterocycles. The number of amides is 1. The van der Waals surface area contributed by atoms with Crippen LogP contribution in [0.3, 0.4) is 0 Å². The number of carboxylic acid groups (broad SMARTS) is 1. The molecule has 0 aliphatic heterocycles. The summed E-state index contributed by atoms with van der Waals surface area (Å²) >= 11 is 0. The van der Waals surface area contributed by atoms with Gasteiger partial charge in [-0.1, -0.05) is 0 Å². The van der Waals surface area contributed by atoms with Crippen LogP contribution in [0.15, 0.2) is 18.3 Å². The summed E-state index contributed by atoms with van der Waals surface area (Å²) in [5, 5.41) is 11.5. The topological polar surface area (TPSA) is 79.3 Å². The quantitative estimate of drug-likeness (QED) is 0.790. The summed E-state index contributed by atoms with van der Waals surface area (Å²) in [7, 11) is 0. The monoisotopic (exact) mass is 222 g/mol. The van der Waals surface area contributed by atoms with Crippen molar-refractivity contribution in [1.82, 2.24) is 10.3 Å². The zero-order valence-electron chi connectivity index (χ0n) is 9.44. The van der Waals surface area contributed by atoms with Crippen molar-refractivity contribution in [2.75, 3.05) is 0 Å². The summed E-state index contributed by atoms with van der Waals surface area (Å²) in [6, 6.07) is 2.73. The number of rotatable bonds is 2. The zero-order chi connectivity index (χ0) is 12.3. The molecule has 0 aliphatic rings. The van der Waals surface area contributed by atoms with Crippen molar-refractivity contribution >= 4 is 11.9 Å². The van der Waals surface area contributed by atoms with Gasteiger partial charge in [0.15, 0.2) is 0 Å². The van der Waals surface area contributed by atoms with E-state index in [9.17, 15) is 9.59 Å². The van der Waals surface area contributed by atoms with E-state index in [0.717, 1.165) is 0 Å². The summed E-state index contributed by atoms with van der Waals surface area (Å²) in [6.45, 7) is 5.55. The van der Waals surface area contributed by atoms with Crippen molar-refractivity contribution in [1.29, 1.82) is 0 Å². The van der Waals surface area contributed by atoms with Crippen LogP contribution < -0.4 is 5.32 Å². The molecule has 0 radical (unpaired) electrons. The van der Waals surface area contributed by atoms with Crippen molar-refractivity contribution in [3.63, 3.8) is 0 Å². The van der Waals surface area contributed by atoms with Gasteiger partial charge in [-0.25, -0.2) is 9.78 Å². The van der Waals surface area contributed by atoms with E-state index in [0.29, 0.717) is 5.56 Å². The van der Waals surface area contributed by atoms with Gasteiger partial charge in [-0.3, -0.25) is 4.79 Å². The Morgan fingerprint density at radius 3 is 2.50 bits per heavy atom. The van der Waals surface area contributed by atoms with Crippen LogP contribution in [0.25, 0.3) is 0 Å². The van der Waals surface area contributed by atoms with Gasteiger partial charge in [-0.05, 0) is 32.9 Å². The van der Waals surface area contributed by atoms with Gasteiger partial charge in [-0.15, -0.1) is 0 Å². The van der Waals surface area contributed by atoms with Crippen LogP contribution in [0.1, 0.15) is 41.6 Å². The predicted octanol–water partition coefficient (Wildman–Crippen LogP) is 1.31. The third-order valence-electron chi connectivity index (χ3n) is 1.73. The highest BCUT2D eigenvalue weighted by Gasteiger charge is 2.16. The van der Waals surface area contributed by atoms with Crippen molar-refractivity contribution in [3.05, 3.63) is 29.6 Å². The highest BCUT2D eigenvalue weighted by molar-refractivity contribution is 5.96. The summed E-state index contributed by atoms with van der Waals surface area (Å²) in [5.74, 6) is -1.46. The minimum absolute atomic E-state index is 0.137. The molecule has 0 bridgehead atoms. The molecule has 2 N–H and O–H groups in total. The average Bonchev–Trinajstić information content (AvgIpc) is 2.15. The normalized spacial score (nSPS) is 10.9. The van der Waals surface area contributed by atoms with Gasteiger partial charge in [0.1, 0.15) is 5.69 Å². The standard InChI is InChI=1S/C11H14N2O3/c1-11(2,3)13-9(14)7-4-5-12-8(6-7)10(15)16/h4-6H,1-3H3,(H,13,14)(H,15,16). The Morgan fingerprint density at radius 2 is 2.00 bits per heavy atom. The SMILES string of the molecule is CC(C)(C)NC(=O)c1ccnc(C(=O)O)c1. The molecule has 0 saturated carbocycles. The summed E-state index contributed by atoms with van der Waals surface area (Å²) in [6.07, 6.45) is 1.31. The first-order valence-electron chi connectivity index (χ1n) is 4.81. The van der Waals surface area contributed by atoms with Crippen molar-refractivity contribution in [2.24, 2.45) is 0 Å². The third-order valence-corrected chi connectivity index (χ3v) is 1.73. The molecule has 1 aromatic rings. The molecule has 16 heavy (non-hydrogen) atoms. The van der Waals surface area contributed by atoms with Gasteiger partial charge in [0.25, 0.3) is 5.91 Å². The fourth-order valence-corrected chi connectivity index (χ4v) is 1.10. The maximum Gasteiger partial charge on any atom is 0.354 e. The Kier molecular flexibility index (Phi) is 3.27. The first-order chi connectivity index (χ1) is 7.29. The molecule has 5 heteroatoms. The lowest BCUT2D eigenvalue weighted by atomic mass is 10.1. The van der Waals surface area contributed by atoms with E-state index in [1.807, 2.05) is 20.8 Å². The first kappa shape index (κ1) is 12.2. The largest absolute Gasteiger partial charge is 0.477 e. The van der Waals surface area contributed by atoms with Crippen molar-refractivity contribution in [2.45, 2.75) is 26.3 Å². The van der Waals surface area contributed by atoms with Gasteiger partial charge in [-0.2, -0.15) is 0 Å². The number of carbonyl (C=O) groups excluding carboxylic acids is 1. The second kappa shape index (κ2) is 4.30. The average molecular weight is 222 g/mol. The molecule has 1 amide bonds. The van der Waals surface area contributed by atoms with E-state index in [2.05, 4.69) is 10.3 Å². The number of pyridine rings is 1. The second-order valence-corrected chi connectivity index (χ2v) is 4.44. The molecule has 0 atom stereocenters. The number of nitrogens with one attached hydrogen (secondary N) is 1. The maximum atomic E-state index is 11.7. The molecule has 0 aromatic carbocycles. The molecular weight excluding hydrogens is 208 g/mol. The highest BCUT2D eigenvalue weighted by atomic mass is 16.4. The van der Waals surface area contributed by atoms with Gasteiger partial charge >= 0.3 is 5.97 Å². The van der Waals surface area contributed by atoms with Crippen LogP contribution in [-0.4, -0.2) is 27.5 Å². The Morgan fingerprint density at radius 1 is 1.38 bits per heavy atom. The molecule has 1 aromatic heterocycles. The molecule has 0 saturated heterocycles. The molecule has 5 nitrogen and oxygen atoms in total. The van der Waals surface area contributed by atoms with E-state index in [1.165, 1.54) is 18.3 Å². The van der Waals surface area contributed by atoms with E-state index < -0.39 is 5.97 Å². The second-order valence-electron chi connectivity index (χ2n) is 4.44. The van der Waals surface area contributed by atoms with E-state index in [-0.39, 0.29) is 17.1 Å². The predicted molar refractivity (Wildman–Crippen MR) is 58.4 cm³/mol. The molecule has 1 rings (SSSR count). The first-order valence-corrected chi connectivity index (χ1v) is 4.81. The lowest BCUT2D eigenvalue weighted by Gasteiger charge is -2.20. The van der Waals surface area contributed by atoms with Crippen LogP contribution in [0.5, 0.6) is 0 Å². The minimum Gasteiger partial charge on any atom is -0.477 e. The molecule has 0 spiro atoms. The maximum absolute atomic E-state index is 11.7. The number of nitrogens with zero attached hydrogens (tertiary/aromatic N) is 1. The molecule has 86 valence electrons. The lowest BCUT2D eigenvalue weighted by Crippen LogP contribution is -2.40. The van der Waals surface area contributed by atoms with E-state index in [1.54, 1.807) is 0 Å². The Labute approximate surface area is 93.5 Å². The van der Waals surface area contributed by atoms with Crippen LogP contribution in [0, 0.1) is 0 Å². The number of aromatic carboxylic acids is 1. The van der Waals surface area contributed by atoms with Crippen molar-refractivity contribution < 1.29 is 14.7 Å². The molecular formula is C11H14N2O3. The van der Waals surface area contributed by atoms with Crippen LogP contribution in [0.2, 0.25) is 0 Å². The summed E-state index contributed by atoms with van der Waals surface area (Å²) < 4.78 is 0. The van der Waals surface area contributed by atoms with Gasteiger partial charge in [0, 0.05) is 17.3 Å². The number of aromatic nitrogens is 1. The smallest absolute Gasteiger partial charge is 0.354 e. The molecule has 0 unspecified atom stereocenters. The Bertz CT molecular complexity index is 421. The van der Waals surface area contributed by atoms with Crippen LogP contribution in [-0.2, 0) is 0 Å². The number of carbonyl (C=O) groups is 2. The van der Waals surface area contributed by atoms with Gasteiger partial charge in [0.2, 0.25) is 0 Å². The van der Waals surface area contributed by atoms with Crippen LogP contribution >= 0.6 is 0 Å². The number of carboxylic acids is 1. The fraction of sp³-hybridized carbons (Fsp3) is 0.364. The van der Waals surface area contributed by atoms with E-state index in [4.69, 9.17) is 5.11 Å². The zero-order valence-corrected chi connectivity index (χ0v) is 9.44. The lowest BCUT2D eigenvalue weighted by molar-refractivity contribution is 0.0690. The fourth-order valence-electron chi connectivity index (χ4n) is 1.10.